The molecular formula is C10H16N3O2. The summed E-state index contributed by atoms with van der Waals surface area (Å²) >= 11 is 0. The first kappa shape index (κ1) is 10.4. The zero-order valence-electron chi connectivity index (χ0n) is 8.66. The van der Waals surface area contributed by atoms with Crippen molar-refractivity contribution in [2.75, 3.05) is 13.1 Å². The summed E-state index contributed by atoms with van der Waals surface area (Å²) in [5, 5.41) is 6.02. The quantitative estimate of drug-likeness (QED) is 0.650. The molecule has 15 heavy (non-hydrogen) atoms. The van der Waals surface area contributed by atoms with Crippen molar-refractivity contribution >= 4 is 12.3 Å². The van der Waals surface area contributed by atoms with E-state index < -0.39 is 0 Å². The molecule has 0 aromatic heterocycles. The Bertz CT molecular complexity index is 251. The molecule has 83 valence electrons. The normalized spacial score (nSPS) is 30.5. The highest BCUT2D eigenvalue weighted by Gasteiger charge is 2.29. The van der Waals surface area contributed by atoms with Gasteiger partial charge in [-0.2, -0.15) is 0 Å². The van der Waals surface area contributed by atoms with Crippen molar-refractivity contribution < 1.29 is 9.59 Å². The number of hydrogen-bond acceptors (Lipinski definition) is 3. The fraction of sp³-hybridized carbons (Fsp3) is 0.800. The van der Waals surface area contributed by atoms with Crippen LogP contribution in [0, 0.1) is 0 Å². The van der Waals surface area contributed by atoms with Crippen LogP contribution < -0.4 is 10.6 Å². The molecular weight excluding hydrogens is 194 g/mol. The summed E-state index contributed by atoms with van der Waals surface area (Å²) in [6.45, 7) is 1.61. The summed E-state index contributed by atoms with van der Waals surface area (Å²) in [6, 6.07) is -0.0703. The second kappa shape index (κ2) is 4.61. The number of carbonyl (C=O) groups is 1. The van der Waals surface area contributed by atoms with Gasteiger partial charge < -0.3 is 15.5 Å². The molecule has 2 aliphatic heterocycles. The van der Waals surface area contributed by atoms with Gasteiger partial charge in [-0.05, 0) is 32.2 Å². The molecule has 2 aliphatic rings. The molecule has 2 amide bonds. The molecule has 1 radical (unpaired) electrons. The van der Waals surface area contributed by atoms with Gasteiger partial charge in [0.2, 0.25) is 5.91 Å². The third kappa shape index (κ3) is 2.28. The molecule has 0 bridgehead atoms. The van der Waals surface area contributed by atoms with Gasteiger partial charge in [0.05, 0.1) is 6.04 Å². The number of amides is 2. The lowest BCUT2D eigenvalue weighted by Crippen LogP contribution is -2.49. The lowest BCUT2D eigenvalue weighted by Gasteiger charge is -2.22. The van der Waals surface area contributed by atoms with Crippen molar-refractivity contribution in [1.82, 2.24) is 15.5 Å². The average molecular weight is 210 g/mol. The maximum Gasteiger partial charge on any atom is 0.313 e. The molecule has 2 fully saturated rings. The highest BCUT2D eigenvalue weighted by molar-refractivity contribution is 5.82. The molecule has 5 nitrogen and oxygen atoms in total. The van der Waals surface area contributed by atoms with Crippen LogP contribution in [0.5, 0.6) is 0 Å². The lowest BCUT2D eigenvalue weighted by atomic mass is 10.2. The van der Waals surface area contributed by atoms with E-state index in [2.05, 4.69) is 10.6 Å². The van der Waals surface area contributed by atoms with E-state index in [1.54, 1.807) is 0 Å². The Balaban J connectivity index is 1.84. The van der Waals surface area contributed by atoms with E-state index >= 15 is 0 Å². The Morgan fingerprint density at radius 1 is 1.40 bits per heavy atom. The van der Waals surface area contributed by atoms with Gasteiger partial charge in [0, 0.05) is 6.54 Å². The molecule has 2 heterocycles. The first-order valence-electron chi connectivity index (χ1n) is 5.49. The number of nitrogens with one attached hydrogen (secondary N) is 2. The second-order valence-corrected chi connectivity index (χ2v) is 4.10. The van der Waals surface area contributed by atoms with Gasteiger partial charge >= 0.3 is 6.41 Å². The zero-order valence-corrected chi connectivity index (χ0v) is 8.66. The van der Waals surface area contributed by atoms with Crippen LogP contribution in [0.4, 0.5) is 0 Å². The summed E-state index contributed by atoms with van der Waals surface area (Å²) < 4.78 is 0. The van der Waals surface area contributed by atoms with E-state index in [4.69, 9.17) is 0 Å². The number of hydrogen-bond donors (Lipinski definition) is 2. The average Bonchev–Trinajstić information content (AvgIpc) is 2.87. The minimum absolute atomic E-state index is 0.0136. The number of rotatable bonds is 3. The molecule has 1 unspecified atom stereocenters. The Labute approximate surface area is 89.2 Å². The largest absolute Gasteiger partial charge is 0.334 e. The summed E-state index contributed by atoms with van der Waals surface area (Å²) in [4.78, 5) is 23.8. The molecule has 2 saturated heterocycles. The van der Waals surface area contributed by atoms with Crippen molar-refractivity contribution in [2.45, 2.75) is 37.9 Å². The van der Waals surface area contributed by atoms with Crippen LogP contribution in [0.1, 0.15) is 25.7 Å². The minimum Gasteiger partial charge on any atom is -0.334 e. The van der Waals surface area contributed by atoms with Gasteiger partial charge in [-0.3, -0.25) is 9.59 Å². The van der Waals surface area contributed by atoms with Crippen LogP contribution >= 0.6 is 0 Å². The Morgan fingerprint density at radius 2 is 2.27 bits per heavy atom. The van der Waals surface area contributed by atoms with Crippen LogP contribution in [0.15, 0.2) is 0 Å². The maximum absolute atomic E-state index is 11.7. The predicted molar refractivity (Wildman–Crippen MR) is 54.6 cm³/mol. The first-order chi connectivity index (χ1) is 7.31. The van der Waals surface area contributed by atoms with E-state index in [0.717, 1.165) is 32.2 Å². The van der Waals surface area contributed by atoms with Crippen LogP contribution in [-0.2, 0) is 9.59 Å². The van der Waals surface area contributed by atoms with Gasteiger partial charge in [-0.1, -0.05) is 0 Å². The highest BCUT2D eigenvalue weighted by atomic mass is 16.2. The van der Waals surface area contributed by atoms with E-state index in [9.17, 15) is 9.59 Å². The molecule has 0 aromatic carbocycles. The maximum atomic E-state index is 11.7. The lowest BCUT2D eigenvalue weighted by molar-refractivity contribution is -0.124. The molecule has 0 aliphatic carbocycles. The molecule has 2 atom stereocenters. The third-order valence-electron chi connectivity index (χ3n) is 3.06. The summed E-state index contributed by atoms with van der Waals surface area (Å²) in [6.07, 6.45) is 5.44. The molecule has 0 saturated carbocycles. The third-order valence-corrected chi connectivity index (χ3v) is 3.06. The van der Waals surface area contributed by atoms with Crippen molar-refractivity contribution in [3.05, 3.63) is 0 Å². The second-order valence-electron chi connectivity index (χ2n) is 4.10. The van der Waals surface area contributed by atoms with Crippen LogP contribution in [0.25, 0.3) is 0 Å². The smallest absolute Gasteiger partial charge is 0.313 e. The molecule has 2 N–H and O–H groups in total. The number of nitrogens with zero attached hydrogens (tertiary/aromatic N) is 1. The van der Waals surface area contributed by atoms with Crippen LogP contribution in [0.3, 0.4) is 0 Å². The monoisotopic (exact) mass is 210 g/mol. The van der Waals surface area contributed by atoms with E-state index in [1.807, 2.05) is 6.41 Å². The van der Waals surface area contributed by atoms with Crippen molar-refractivity contribution in [3.8, 4) is 0 Å². The standard InChI is InChI=1S/C10H16N3O2/c14-7-13-6-2-4-9(13)12-10(15)8-3-1-5-11-8/h8-9,11H,1-6H2,(H,12,15)/t8-,9?/m0/s1. The summed E-state index contributed by atoms with van der Waals surface area (Å²) in [5.41, 5.74) is 0. The molecule has 0 spiro atoms. The molecule has 5 heteroatoms. The Morgan fingerprint density at radius 3 is 2.93 bits per heavy atom. The Hall–Kier alpha value is -1.10. The molecule has 2 rings (SSSR count). The van der Waals surface area contributed by atoms with Gasteiger partial charge in [-0.25, -0.2) is 0 Å². The summed E-state index contributed by atoms with van der Waals surface area (Å²) in [5.74, 6) is 0.0136. The predicted octanol–water partition coefficient (Wildman–Crippen LogP) is -0.656. The number of likely N-dealkylation sites (tertiary alicyclic amines) is 1. The van der Waals surface area contributed by atoms with Gasteiger partial charge in [0.15, 0.2) is 0 Å². The van der Waals surface area contributed by atoms with E-state index in [0.29, 0.717) is 6.54 Å². The van der Waals surface area contributed by atoms with Crippen molar-refractivity contribution in [1.29, 1.82) is 0 Å². The summed E-state index contributed by atoms with van der Waals surface area (Å²) in [7, 11) is 0. The van der Waals surface area contributed by atoms with E-state index in [1.165, 1.54) is 4.90 Å². The zero-order chi connectivity index (χ0) is 10.7. The number of carbonyl (C=O) groups excluding carboxylic acids is 2. The first-order valence-corrected chi connectivity index (χ1v) is 5.49. The minimum atomic E-state index is -0.141. The van der Waals surface area contributed by atoms with Crippen LogP contribution in [0.2, 0.25) is 0 Å². The SMILES string of the molecule is O=[C]N1CCCC1NC(=O)[C@@H]1CCCN1. The van der Waals surface area contributed by atoms with Crippen molar-refractivity contribution in [3.63, 3.8) is 0 Å². The fourth-order valence-electron chi connectivity index (χ4n) is 2.20. The molecule has 0 aromatic rings. The van der Waals surface area contributed by atoms with Gasteiger partial charge in [0.25, 0.3) is 0 Å². The highest BCUT2D eigenvalue weighted by Crippen LogP contribution is 2.13. The van der Waals surface area contributed by atoms with Gasteiger partial charge in [-0.15, -0.1) is 0 Å². The fourth-order valence-corrected chi connectivity index (χ4v) is 2.20. The van der Waals surface area contributed by atoms with E-state index in [-0.39, 0.29) is 18.1 Å². The van der Waals surface area contributed by atoms with Crippen molar-refractivity contribution in [2.24, 2.45) is 0 Å². The van der Waals surface area contributed by atoms with Gasteiger partial charge in [0.1, 0.15) is 6.17 Å². The Kier molecular flexibility index (Phi) is 3.20. The topological polar surface area (TPSA) is 61.4 Å². The van der Waals surface area contributed by atoms with Crippen LogP contribution in [-0.4, -0.2) is 42.5 Å².